The second-order valence-electron chi connectivity index (χ2n) is 5.93. The van der Waals surface area contributed by atoms with E-state index in [0.29, 0.717) is 5.11 Å². The Hall–Kier alpha value is -1.55. The Kier molecular flexibility index (Phi) is 6.72. The summed E-state index contributed by atoms with van der Waals surface area (Å²) in [5.74, 6) is 0.857. The minimum atomic E-state index is 0.170. The maximum absolute atomic E-state index is 5.69. The molecular weight excluding hydrogens is 292 g/mol. The number of benzene rings is 1. The molecular formula is C18H26N2OS. The van der Waals surface area contributed by atoms with Crippen LogP contribution in [0.2, 0.25) is 0 Å². The average molecular weight is 318 g/mol. The molecule has 0 spiro atoms. The van der Waals surface area contributed by atoms with Crippen LogP contribution in [0.5, 0.6) is 5.75 Å². The van der Waals surface area contributed by atoms with Gasteiger partial charge in [-0.05, 0) is 70.3 Å². The van der Waals surface area contributed by atoms with Gasteiger partial charge in [0.05, 0.1) is 6.10 Å². The van der Waals surface area contributed by atoms with Crippen molar-refractivity contribution in [3.05, 3.63) is 35.9 Å². The van der Waals surface area contributed by atoms with E-state index in [1.54, 1.807) is 5.57 Å². The summed E-state index contributed by atoms with van der Waals surface area (Å²) in [5, 5.41) is 7.16. The number of hydrogen-bond donors (Lipinski definition) is 2. The topological polar surface area (TPSA) is 33.3 Å². The van der Waals surface area contributed by atoms with Crippen molar-refractivity contribution in [1.29, 1.82) is 0 Å². The van der Waals surface area contributed by atoms with Gasteiger partial charge < -0.3 is 15.4 Å². The molecule has 1 aliphatic rings. The summed E-state index contributed by atoms with van der Waals surface area (Å²) < 4.78 is 5.69. The van der Waals surface area contributed by atoms with Gasteiger partial charge in [0, 0.05) is 18.3 Å². The van der Waals surface area contributed by atoms with Gasteiger partial charge in [-0.15, -0.1) is 0 Å². The lowest BCUT2D eigenvalue weighted by Crippen LogP contribution is -2.29. The molecule has 0 atom stereocenters. The predicted octanol–water partition coefficient (Wildman–Crippen LogP) is 4.65. The third kappa shape index (κ3) is 6.06. The summed E-state index contributed by atoms with van der Waals surface area (Å²) in [4.78, 5) is 0. The van der Waals surface area contributed by atoms with Crippen LogP contribution in [0.4, 0.5) is 5.69 Å². The molecule has 0 heterocycles. The summed E-state index contributed by atoms with van der Waals surface area (Å²) >= 11 is 5.35. The maximum Gasteiger partial charge on any atom is 0.170 e. The van der Waals surface area contributed by atoms with Crippen molar-refractivity contribution in [2.24, 2.45) is 0 Å². The zero-order valence-corrected chi connectivity index (χ0v) is 14.3. The molecule has 0 saturated carbocycles. The summed E-state index contributed by atoms with van der Waals surface area (Å²) in [6.07, 6.45) is 8.79. The fourth-order valence-corrected chi connectivity index (χ4v) is 2.78. The molecule has 2 rings (SSSR count). The number of anilines is 1. The molecule has 0 bridgehead atoms. The summed E-state index contributed by atoms with van der Waals surface area (Å²) in [6.45, 7) is 4.93. The third-order valence-corrected chi connectivity index (χ3v) is 3.83. The summed E-state index contributed by atoms with van der Waals surface area (Å²) in [5.41, 5.74) is 2.52. The van der Waals surface area contributed by atoms with E-state index >= 15 is 0 Å². The van der Waals surface area contributed by atoms with Crippen LogP contribution in [-0.2, 0) is 0 Å². The molecule has 0 aliphatic heterocycles. The first-order valence-corrected chi connectivity index (χ1v) is 8.54. The molecule has 2 N–H and O–H groups in total. The lowest BCUT2D eigenvalue weighted by Gasteiger charge is -2.15. The largest absolute Gasteiger partial charge is 0.491 e. The molecule has 4 heteroatoms. The van der Waals surface area contributed by atoms with Crippen molar-refractivity contribution in [2.75, 3.05) is 11.9 Å². The number of allylic oxidation sites excluding steroid dienone is 1. The molecule has 0 radical (unpaired) electrons. The number of ether oxygens (including phenoxy) is 1. The zero-order valence-electron chi connectivity index (χ0n) is 13.5. The fraction of sp³-hybridized carbons (Fsp3) is 0.500. The number of rotatable bonds is 6. The molecule has 0 fully saturated rings. The van der Waals surface area contributed by atoms with Gasteiger partial charge in [0.15, 0.2) is 5.11 Å². The number of nitrogens with one attached hydrogen (secondary N) is 2. The van der Waals surface area contributed by atoms with Crippen molar-refractivity contribution < 1.29 is 4.74 Å². The average Bonchev–Trinajstić information content (AvgIpc) is 2.48. The van der Waals surface area contributed by atoms with E-state index in [-0.39, 0.29) is 6.10 Å². The summed E-state index contributed by atoms with van der Waals surface area (Å²) in [7, 11) is 0. The zero-order chi connectivity index (χ0) is 15.8. The Morgan fingerprint density at radius 2 is 2.18 bits per heavy atom. The lowest BCUT2D eigenvalue weighted by molar-refractivity contribution is 0.242. The van der Waals surface area contributed by atoms with Crippen LogP contribution in [0.3, 0.4) is 0 Å². The molecule has 0 amide bonds. The van der Waals surface area contributed by atoms with Gasteiger partial charge in [-0.2, -0.15) is 0 Å². The molecule has 0 aromatic heterocycles. The molecule has 3 nitrogen and oxygen atoms in total. The first-order chi connectivity index (χ1) is 10.6. The highest BCUT2D eigenvalue weighted by molar-refractivity contribution is 7.80. The van der Waals surface area contributed by atoms with Gasteiger partial charge in [0.25, 0.3) is 0 Å². The van der Waals surface area contributed by atoms with E-state index in [0.717, 1.165) is 24.4 Å². The standard InChI is InChI=1S/C18H26N2OS/c1-14(2)21-17-10-6-9-16(13-17)20-18(22)19-12-11-15-7-4-3-5-8-15/h6-7,9-10,13-14H,3-5,8,11-12H2,1-2H3,(H2,19,20,22). The normalized spacial score (nSPS) is 14.4. The van der Waals surface area contributed by atoms with Crippen LogP contribution in [0, 0.1) is 0 Å². The van der Waals surface area contributed by atoms with Crippen LogP contribution in [0.15, 0.2) is 35.9 Å². The van der Waals surface area contributed by atoms with Crippen LogP contribution >= 0.6 is 12.2 Å². The minimum Gasteiger partial charge on any atom is -0.491 e. The highest BCUT2D eigenvalue weighted by Crippen LogP contribution is 2.20. The smallest absolute Gasteiger partial charge is 0.170 e. The van der Waals surface area contributed by atoms with Gasteiger partial charge in [-0.3, -0.25) is 0 Å². The molecule has 120 valence electrons. The molecule has 0 saturated heterocycles. The number of thiocarbonyl (C=S) groups is 1. The van der Waals surface area contributed by atoms with Crippen LogP contribution in [0.25, 0.3) is 0 Å². The van der Waals surface area contributed by atoms with Crippen LogP contribution in [0.1, 0.15) is 46.0 Å². The second-order valence-corrected chi connectivity index (χ2v) is 6.34. The number of hydrogen-bond acceptors (Lipinski definition) is 2. The van der Waals surface area contributed by atoms with Gasteiger partial charge in [-0.25, -0.2) is 0 Å². The third-order valence-electron chi connectivity index (χ3n) is 3.58. The molecule has 1 aromatic rings. The van der Waals surface area contributed by atoms with E-state index in [9.17, 15) is 0 Å². The SMILES string of the molecule is CC(C)Oc1cccc(NC(=S)NCCC2=CCCCC2)c1. The lowest BCUT2D eigenvalue weighted by atomic mass is 9.97. The Balaban J connectivity index is 1.75. The van der Waals surface area contributed by atoms with E-state index in [1.807, 2.05) is 38.1 Å². The first kappa shape index (κ1) is 16.8. The summed E-state index contributed by atoms with van der Waals surface area (Å²) in [6, 6.07) is 7.88. The van der Waals surface area contributed by atoms with Crippen molar-refractivity contribution in [1.82, 2.24) is 5.32 Å². The van der Waals surface area contributed by atoms with Gasteiger partial charge >= 0.3 is 0 Å². The maximum atomic E-state index is 5.69. The Bertz CT molecular complexity index is 526. The van der Waals surface area contributed by atoms with E-state index < -0.39 is 0 Å². The van der Waals surface area contributed by atoms with E-state index in [2.05, 4.69) is 16.7 Å². The highest BCUT2D eigenvalue weighted by atomic mass is 32.1. The molecule has 0 unspecified atom stereocenters. The quantitative estimate of drug-likeness (QED) is 0.591. The molecule has 22 heavy (non-hydrogen) atoms. The Labute approximate surface area is 139 Å². The van der Waals surface area contributed by atoms with Gasteiger partial charge in [0.2, 0.25) is 0 Å². The van der Waals surface area contributed by atoms with Crippen molar-refractivity contribution in [2.45, 2.75) is 52.1 Å². The Morgan fingerprint density at radius 1 is 1.32 bits per heavy atom. The van der Waals surface area contributed by atoms with Crippen molar-refractivity contribution in [3.8, 4) is 5.75 Å². The van der Waals surface area contributed by atoms with Crippen LogP contribution < -0.4 is 15.4 Å². The van der Waals surface area contributed by atoms with E-state index in [4.69, 9.17) is 17.0 Å². The fourth-order valence-electron chi connectivity index (χ4n) is 2.56. The Morgan fingerprint density at radius 3 is 2.91 bits per heavy atom. The monoisotopic (exact) mass is 318 g/mol. The van der Waals surface area contributed by atoms with Crippen molar-refractivity contribution in [3.63, 3.8) is 0 Å². The predicted molar refractivity (Wildman–Crippen MR) is 97.6 cm³/mol. The van der Waals surface area contributed by atoms with E-state index in [1.165, 1.54) is 25.7 Å². The second kappa shape index (κ2) is 8.79. The first-order valence-electron chi connectivity index (χ1n) is 8.13. The molecule has 1 aromatic carbocycles. The van der Waals surface area contributed by atoms with Crippen LogP contribution in [-0.4, -0.2) is 17.8 Å². The van der Waals surface area contributed by atoms with Crippen molar-refractivity contribution >= 4 is 23.0 Å². The minimum absolute atomic E-state index is 0.170. The highest BCUT2D eigenvalue weighted by Gasteiger charge is 2.04. The van der Waals surface area contributed by atoms with Gasteiger partial charge in [0.1, 0.15) is 5.75 Å². The van der Waals surface area contributed by atoms with Gasteiger partial charge in [-0.1, -0.05) is 17.7 Å². The molecule has 1 aliphatic carbocycles.